The Hall–Kier alpha value is -3.16. The predicted molar refractivity (Wildman–Crippen MR) is 91.7 cm³/mol. The Kier molecular flexibility index (Phi) is 5.53. The van der Waals surface area contributed by atoms with Gasteiger partial charge in [0.15, 0.2) is 5.57 Å². The van der Waals surface area contributed by atoms with Crippen molar-refractivity contribution in [1.82, 2.24) is 9.97 Å². The van der Waals surface area contributed by atoms with E-state index in [1.54, 1.807) is 36.9 Å². The van der Waals surface area contributed by atoms with Gasteiger partial charge < -0.3 is 19.8 Å². The average Bonchev–Trinajstić information content (AvgIpc) is 2.60. The molecule has 1 heterocycles. The van der Waals surface area contributed by atoms with Gasteiger partial charge in [0, 0.05) is 17.6 Å². The molecule has 2 N–H and O–H groups in total. The number of para-hydroxylation sites is 1. The molecule has 8 heteroatoms. The fraction of sp³-hybridized carbons (Fsp3) is 0.294. The summed E-state index contributed by atoms with van der Waals surface area (Å²) in [6.07, 6.45) is 0.211. The lowest BCUT2D eigenvalue weighted by atomic mass is 10.1. The van der Waals surface area contributed by atoms with Crippen LogP contribution in [-0.4, -0.2) is 45.8 Å². The number of anilines is 1. The Morgan fingerprint density at radius 3 is 2.28 bits per heavy atom. The average molecular weight is 345 g/mol. The highest BCUT2D eigenvalue weighted by Gasteiger charge is 2.27. The molecule has 0 atom stereocenters. The van der Waals surface area contributed by atoms with Gasteiger partial charge in [-0.05, 0) is 25.5 Å². The summed E-state index contributed by atoms with van der Waals surface area (Å²) in [6.45, 7) is 3.82. The van der Waals surface area contributed by atoms with Crippen LogP contribution in [0.3, 0.4) is 0 Å². The van der Waals surface area contributed by atoms with E-state index < -0.39 is 17.5 Å². The molecule has 2 rings (SSSR count). The molecule has 1 aromatic heterocycles. The van der Waals surface area contributed by atoms with E-state index in [1.807, 2.05) is 6.07 Å². The Balaban J connectivity index is 2.80. The number of rotatable bonds is 7. The smallest absolute Gasteiger partial charge is 0.344 e. The molecule has 132 valence electrons. The molecular formula is C17H19N3O5. The number of carboxylic acids is 2. The van der Waals surface area contributed by atoms with Gasteiger partial charge in [-0.1, -0.05) is 19.1 Å². The van der Waals surface area contributed by atoms with Crippen molar-refractivity contribution in [3.63, 3.8) is 0 Å². The van der Waals surface area contributed by atoms with E-state index in [2.05, 4.69) is 9.97 Å². The third-order valence-corrected chi connectivity index (χ3v) is 3.69. The van der Waals surface area contributed by atoms with Crippen molar-refractivity contribution in [3.8, 4) is 6.01 Å². The zero-order valence-corrected chi connectivity index (χ0v) is 14.2. The van der Waals surface area contributed by atoms with Crippen LogP contribution in [0, 0.1) is 0 Å². The van der Waals surface area contributed by atoms with Crippen LogP contribution < -0.4 is 9.64 Å². The highest BCUT2D eigenvalue weighted by molar-refractivity contribution is 6.13. The standard InChI is InChI=1S/C17H19N3O5/c1-4-12(13(15(21)22)16(23)24)20(5-2)14-10-8-6-7-9-11(10)18-17(19-14)25-3/h6-9H,4-5H2,1-3H3,(H,21,22)(H,23,24). The molecule has 0 fully saturated rings. The van der Waals surface area contributed by atoms with Crippen molar-refractivity contribution in [2.75, 3.05) is 18.6 Å². The number of benzene rings is 1. The molecule has 1 aromatic carbocycles. The summed E-state index contributed by atoms with van der Waals surface area (Å²) < 4.78 is 5.13. The monoisotopic (exact) mass is 345 g/mol. The summed E-state index contributed by atoms with van der Waals surface area (Å²) in [6, 6.07) is 7.31. The summed E-state index contributed by atoms with van der Waals surface area (Å²) in [5.74, 6) is -2.58. The van der Waals surface area contributed by atoms with Crippen molar-refractivity contribution >= 4 is 28.7 Å². The predicted octanol–water partition coefficient (Wildman–Crippen LogP) is 2.30. The summed E-state index contributed by atoms with van der Waals surface area (Å²) in [5.41, 5.74) is 0.102. The lowest BCUT2D eigenvalue weighted by Gasteiger charge is -2.26. The number of fused-ring (bicyclic) bond motifs is 1. The fourth-order valence-electron chi connectivity index (χ4n) is 2.65. The zero-order chi connectivity index (χ0) is 18.6. The minimum Gasteiger partial charge on any atom is -0.477 e. The number of hydrogen-bond donors (Lipinski definition) is 2. The van der Waals surface area contributed by atoms with Crippen LogP contribution in [0.4, 0.5) is 5.82 Å². The summed E-state index contributed by atoms with van der Waals surface area (Å²) in [7, 11) is 1.43. The van der Waals surface area contributed by atoms with Gasteiger partial charge in [-0.2, -0.15) is 9.97 Å². The highest BCUT2D eigenvalue weighted by atomic mass is 16.5. The second-order valence-corrected chi connectivity index (χ2v) is 5.08. The van der Waals surface area contributed by atoms with E-state index in [9.17, 15) is 19.8 Å². The van der Waals surface area contributed by atoms with Crippen LogP contribution in [0.25, 0.3) is 10.9 Å². The molecule has 0 aliphatic heterocycles. The Morgan fingerprint density at radius 2 is 1.76 bits per heavy atom. The molecule has 0 saturated carbocycles. The van der Waals surface area contributed by atoms with E-state index in [4.69, 9.17) is 4.74 Å². The SMILES string of the molecule is CCC(=C(C(=O)O)C(=O)O)N(CC)c1nc(OC)nc2ccccc12. The normalized spacial score (nSPS) is 10.4. The van der Waals surface area contributed by atoms with Gasteiger partial charge >= 0.3 is 17.9 Å². The van der Waals surface area contributed by atoms with Gasteiger partial charge in [-0.25, -0.2) is 9.59 Å². The number of ether oxygens (including phenoxy) is 1. The second kappa shape index (κ2) is 7.61. The van der Waals surface area contributed by atoms with Crippen LogP contribution in [-0.2, 0) is 9.59 Å². The largest absolute Gasteiger partial charge is 0.477 e. The Morgan fingerprint density at radius 1 is 1.12 bits per heavy atom. The molecule has 0 radical (unpaired) electrons. The second-order valence-electron chi connectivity index (χ2n) is 5.08. The third-order valence-electron chi connectivity index (χ3n) is 3.69. The fourth-order valence-corrected chi connectivity index (χ4v) is 2.65. The van der Waals surface area contributed by atoms with Gasteiger partial charge in [0.2, 0.25) is 0 Å². The van der Waals surface area contributed by atoms with Crippen molar-refractivity contribution in [2.24, 2.45) is 0 Å². The minimum absolute atomic E-state index is 0.120. The van der Waals surface area contributed by atoms with Crippen LogP contribution in [0.5, 0.6) is 6.01 Å². The molecule has 0 aliphatic rings. The van der Waals surface area contributed by atoms with Crippen molar-refractivity contribution < 1.29 is 24.5 Å². The lowest BCUT2D eigenvalue weighted by Crippen LogP contribution is -2.29. The molecule has 2 aromatic rings. The maximum Gasteiger partial charge on any atom is 0.344 e. The number of allylic oxidation sites excluding steroid dienone is 1. The summed E-state index contributed by atoms with van der Waals surface area (Å²) in [5, 5.41) is 19.3. The molecule has 25 heavy (non-hydrogen) atoms. The molecule has 0 aliphatic carbocycles. The van der Waals surface area contributed by atoms with Crippen LogP contribution >= 0.6 is 0 Å². The first-order chi connectivity index (χ1) is 11.9. The summed E-state index contributed by atoms with van der Waals surface area (Å²) in [4.78, 5) is 33.1. The lowest BCUT2D eigenvalue weighted by molar-refractivity contribution is -0.140. The van der Waals surface area contributed by atoms with Crippen molar-refractivity contribution in [2.45, 2.75) is 20.3 Å². The number of nitrogens with zero attached hydrogens (tertiary/aromatic N) is 3. The molecule has 0 spiro atoms. The first-order valence-electron chi connectivity index (χ1n) is 7.72. The first-order valence-corrected chi connectivity index (χ1v) is 7.72. The van der Waals surface area contributed by atoms with E-state index in [0.29, 0.717) is 23.3 Å². The quantitative estimate of drug-likeness (QED) is 0.446. The number of methoxy groups -OCH3 is 1. The Labute approximate surface area is 144 Å². The van der Waals surface area contributed by atoms with Crippen molar-refractivity contribution in [3.05, 3.63) is 35.5 Å². The molecule has 0 amide bonds. The Bertz CT molecular complexity index is 831. The van der Waals surface area contributed by atoms with Crippen LogP contribution in [0.1, 0.15) is 20.3 Å². The number of hydrogen-bond acceptors (Lipinski definition) is 6. The van der Waals surface area contributed by atoms with Crippen LogP contribution in [0.2, 0.25) is 0 Å². The molecule has 0 bridgehead atoms. The minimum atomic E-state index is -1.49. The number of aromatic nitrogens is 2. The van der Waals surface area contributed by atoms with E-state index in [1.165, 1.54) is 7.11 Å². The number of carboxylic acid groups (broad SMARTS) is 2. The molecule has 8 nitrogen and oxygen atoms in total. The van der Waals surface area contributed by atoms with E-state index in [-0.39, 0.29) is 18.1 Å². The first kappa shape index (κ1) is 18.2. The van der Waals surface area contributed by atoms with Crippen molar-refractivity contribution in [1.29, 1.82) is 0 Å². The molecule has 0 saturated heterocycles. The van der Waals surface area contributed by atoms with Gasteiger partial charge in [0.1, 0.15) is 5.82 Å². The third kappa shape index (κ3) is 3.52. The topological polar surface area (TPSA) is 113 Å². The molecular weight excluding hydrogens is 326 g/mol. The maximum absolute atomic E-state index is 11.5. The van der Waals surface area contributed by atoms with E-state index in [0.717, 1.165) is 0 Å². The number of carbonyl (C=O) groups is 2. The van der Waals surface area contributed by atoms with Crippen LogP contribution in [0.15, 0.2) is 35.5 Å². The summed E-state index contributed by atoms with van der Waals surface area (Å²) >= 11 is 0. The van der Waals surface area contributed by atoms with Gasteiger partial charge in [0.05, 0.1) is 12.6 Å². The van der Waals surface area contributed by atoms with E-state index >= 15 is 0 Å². The zero-order valence-electron chi connectivity index (χ0n) is 14.2. The van der Waals surface area contributed by atoms with Gasteiger partial charge in [0.25, 0.3) is 0 Å². The van der Waals surface area contributed by atoms with Gasteiger partial charge in [-0.15, -0.1) is 0 Å². The maximum atomic E-state index is 11.5. The van der Waals surface area contributed by atoms with Gasteiger partial charge in [-0.3, -0.25) is 0 Å². The molecule has 0 unspecified atom stereocenters. The number of aliphatic carboxylic acids is 2. The highest BCUT2D eigenvalue weighted by Crippen LogP contribution is 2.30.